The van der Waals surface area contributed by atoms with Crippen LogP contribution in [-0.2, 0) is 16.4 Å². The molecule has 2 aromatic rings. The molecular formula is C18H24N4O4S. The molecule has 1 aromatic heterocycles. The summed E-state index contributed by atoms with van der Waals surface area (Å²) < 4.78 is 26.3. The van der Waals surface area contributed by atoms with Crippen LogP contribution in [0.5, 0.6) is 0 Å². The maximum Gasteiger partial charge on any atom is 0.270 e. The fourth-order valence-electron chi connectivity index (χ4n) is 3.64. The highest BCUT2D eigenvalue weighted by molar-refractivity contribution is 7.90. The molecule has 2 heterocycles. The van der Waals surface area contributed by atoms with Crippen molar-refractivity contribution in [3.8, 4) is 0 Å². The minimum Gasteiger partial charge on any atom is -0.370 e. The number of aromatic nitrogens is 2. The minimum absolute atomic E-state index is 0.0219. The highest BCUT2D eigenvalue weighted by Crippen LogP contribution is 2.32. The second-order valence-electron chi connectivity index (χ2n) is 7.22. The van der Waals surface area contributed by atoms with Gasteiger partial charge in [0, 0.05) is 43.7 Å². The molecule has 0 saturated carbocycles. The lowest BCUT2D eigenvalue weighted by Gasteiger charge is -2.34. The average molecular weight is 392 g/mol. The van der Waals surface area contributed by atoms with E-state index >= 15 is 0 Å². The largest absolute Gasteiger partial charge is 0.370 e. The number of non-ortho nitro benzene ring substituents is 1. The zero-order valence-corrected chi connectivity index (χ0v) is 16.6. The lowest BCUT2D eigenvalue weighted by atomic mass is 9.96. The number of piperidine rings is 1. The molecule has 0 unspecified atom stereocenters. The molecule has 1 aliphatic rings. The summed E-state index contributed by atoms with van der Waals surface area (Å²) in [7, 11) is -3.56. The molecule has 0 amide bonds. The Hall–Kier alpha value is -2.42. The lowest BCUT2D eigenvalue weighted by molar-refractivity contribution is -0.385. The molecule has 9 heteroatoms. The van der Waals surface area contributed by atoms with E-state index in [-0.39, 0.29) is 10.6 Å². The topological polar surface area (TPSA) is 98.3 Å². The van der Waals surface area contributed by atoms with Gasteiger partial charge in [-0.05, 0) is 44.7 Å². The summed E-state index contributed by atoms with van der Waals surface area (Å²) in [6.45, 7) is 6.30. The van der Waals surface area contributed by atoms with Gasteiger partial charge in [-0.1, -0.05) is 0 Å². The Morgan fingerprint density at radius 2 is 1.89 bits per heavy atom. The summed E-state index contributed by atoms with van der Waals surface area (Å²) in [5.74, 6) is 0.471. The third-order valence-corrected chi connectivity index (χ3v) is 6.17. The second-order valence-corrected chi connectivity index (χ2v) is 9.21. The number of hydrogen-bond acceptors (Lipinski definition) is 6. The third kappa shape index (κ3) is 4.29. The number of benzene rings is 1. The smallest absolute Gasteiger partial charge is 0.270 e. The molecule has 27 heavy (non-hydrogen) atoms. The van der Waals surface area contributed by atoms with E-state index in [1.54, 1.807) is 6.07 Å². The Morgan fingerprint density at radius 1 is 1.22 bits per heavy atom. The van der Waals surface area contributed by atoms with Crippen molar-refractivity contribution in [2.45, 2.75) is 38.1 Å². The van der Waals surface area contributed by atoms with Crippen LogP contribution in [-0.4, -0.2) is 42.5 Å². The van der Waals surface area contributed by atoms with Crippen molar-refractivity contribution in [3.05, 3.63) is 45.8 Å². The van der Waals surface area contributed by atoms with Crippen LogP contribution >= 0.6 is 0 Å². The van der Waals surface area contributed by atoms with Crippen LogP contribution in [0, 0.1) is 29.9 Å². The highest BCUT2D eigenvalue weighted by atomic mass is 32.2. The van der Waals surface area contributed by atoms with Crippen LogP contribution in [0.4, 0.5) is 11.4 Å². The van der Waals surface area contributed by atoms with Gasteiger partial charge in [-0.15, -0.1) is 0 Å². The number of nitro groups is 1. The fourth-order valence-corrected chi connectivity index (χ4v) is 4.55. The predicted octanol–water partition coefficient (Wildman–Crippen LogP) is 2.73. The Balaban J connectivity index is 1.76. The molecule has 0 spiro atoms. The highest BCUT2D eigenvalue weighted by Gasteiger charge is 2.26. The van der Waals surface area contributed by atoms with Gasteiger partial charge in [0.25, 0.3) is 5.69 Å². The van der Waals surface area contributed by atoms with Crippen LogP contribution in [0.25, 0.3) is 0 Å². The Bertz CT molecular complexity index is 960. The standard InChI is InChI=1S/C18H24N4O4S/c1-13-10-14(2)21(19-13)12-15-6-8-20(9-7-15)17-5-4-16(22(23)24)11-18(17)27(3,25)26/h4-5,10-11,15H,6-9,12H2,1-3H3. The zero-order chi connectivity index (χ0) is 19.8. The van der Waals surface area contributed by atoms with Gasteiger partial charge >= 0.3 is 0 Å². The van der Waals surface area contributed by atoms with Gasteiger partial charge in [-0.2, -0.15) is 5.10 Å². The number of aryl methyl sites for hydroxylation is 2. The molecule has 8 nitrogen and oxygen atoms in total. The molecule has 1 saturated heterocycles. The summed E-state index contributed by atoms with van der Waals surface area (Å²) in [5.41, 5.74) is 2.49. The van der Waals surface area contributed by atoms with Crippen LogP contribution < -0.4 is 4.90 Å². The summed E-state index contributed by atoms with van der Waals surface area (Å²) in [6.07, 6.45) is 2.92. The molecule has 0 bridgehead atoms. The van der Waals surface area contributed by atoms with Crippen molar-refractivity contribution in [2.75, 3.05) is 24.2 Å². The van der Waals surface area contributed by atoms with Gasteiger partial charge in [0.2, 0.25) is 0 Å². The summed E-state index contributed by atoms with van der Waals surface area (Å²) in [4.78, 5) is 12.5. The summed E-state index contributed by atoms with van der Waals surface area (Å²) in [5, 5.41) is 15.5. The molecule has 3 rings (SSSR count). The molecule has 0 aliphatic carbocycles. The number of nitrogens with zero attached hydrogens (tertiary/aromatic N) is 4. The average Bonchev–Trinajstić information content (AvgIpc) is 2.91. The maximum absolute atomic E-state index is 12.2. The Labute approximate surface area is 158 Å². The van der Waals surface area contributed by atoms with Gasteiger partial charge in [0.15, 0.2) is 9.84 Å². The van der Waals surface area contributed by atoms with Crippen molar-refractivity contribution in [1.29, 1.82) is 0 Å². The SMILES string of the molecule is Cc1cc(C)n(CC2CCN(c3ccc([N+](=O)[O-])cc3S(C)(=O)=O)CC2)n1. The summed E-state index contributed by atoms with van der Waals surface area (Å²) in [6, 6.07) is 6.14. The van der Waals surface area contributed by atoms with Crippen molar-refractivity contribution in [3.63, 3.8) is 0 Å². The molecule has 146 valence electrons. The number of nitro benzene ring substituents is 1. The first-order chi connectivity index (χ1) is 12.6. The first-order valence-corrected chi connectivity index (χ1v) is 10.8. The maximum atomic E-state index is 12.2. The van der Waals surface area contributed by atoms with E-state index in [1.165, 1.54) is 6.07 Å². The molecule has 1 fully saturated rings. The monoisotopic (exact) mass is 392 g/mol. The molecule has 0 atom stereocenters. The Morgan fingerprint density at radius 3 is 2.41 bits per heavy atom. The molecule has 1 aliphatic heterocycles. The molecule has 1 aromatic carbocycles. The first kappa shape index (κ1) is 19.3. The number of hydrogen-bond donors (Lipinski definition) is 0. The van der Waals surface area contributed by atoms with E-state index in [4.69, 9.17) is 0 Å². The van der Waals surface area contributed by atoms with Crippen LogP contribution in [0.3, 0.4) is 0 Å². The van der Waals surface area contributed by atoms with Crippen molar-refractivity contribution in [2.24, 2.45) is 5.92 Å². The first-order valence-electron chi connectivity index (χ1n) is 8.89. The zero-order valence-electron chi connectivity index (χ0n) is 15.8. The quantitative estimate of drug-likeness (QED) is 0.573. The number of anilines is 1. The normalized spacial score (nSPS) is 15.9. The van der Waals surface area contributed by atoms with Crippen molar-refractivity contribution >= 4 is 21.2 Å². The minimum atomic E-state index is -3.56. The van der Waals surface area contributed by atoms with Crippen molar-refractivity contribution < 1.29 is 13.3 Å². The second kappa shape index (κ2) is 7.30. The van der Waals surface area contributed by atoms with E-state index in [9.17, 15) is 18.5 Å². The van der Waals surface area contributed by atoms with Gasteiger partial charge in [-0.25, -0.2) is 8.42 Å². The third-order valence-electron chi connectivity index (χ3n) is 5.04. The van der Waals surface area contributed by atoms with Crippen molar-refractivity contribution in [1.82, 2.24) is 9.78 Å². The van der Waals surface area contributed by atoms with E-state index in [2.05, 4.69) is 11.2 Å². The Kier molecular flexibility index (Phi) is 5.23. The number of sulfone groups is 1. The van der Waals surface area contributed by atoms with E-state index in [1.807, 2.05) is 23.4 Å². The molecule has 0 N–H and O–H groups in total. The fraction of sp³-hybridized carbons (Fsp3) is 0.500. The summed E-state index contributed by atoms with van der Waals surface area (Å²) >= 11 is 0. The van der Waals surface area contributed by atoms with Crippen LogP contribution in [0.15, 0.2) is 29.2 Å². The van der Waals surface area contributed by atoms with Gasteiger partial charge in [-0.3, -0.25) is 14.8 Å². The molecular weight excluding hydrogens is 368 g/mol. The van der Waals surface area contributed by atoms with E-state index in [0.717, 1.165) is 43.1 Å². The predicted molar refractivity (Wildman–Crippen MR) is 103 cm³/mol. The van der Waals surface area contributed by atoms with Gasteiger partial charge in [0.1, 0.15) is 0 Å². The van der Waals surface area contributed by atoms with E-state index < -0.39 is 14.8 Å². The van der Waals surface area contributed by atoms with Gasteiger partial charge < -0.3 is 4.90 Å². The van der Waals surface area contributed by atoms with Gasteiger partial charge in [0.05, 0.1) is 21.2 Å². The molecule has 0 radical (unpaired) electrons. The lowest BCUT2D eigenvalue weighted by Crippen LogP contribution is -2.36. The van der Waals surface area contributed by atoms with E-state index in [0.29, 0.717) is 24.7 Å². The number of rotatable bonds is 5. The van der Waals surface area contributed by atoms with Crippen LogP contribution in [0.2, 0.25) is 0 Å². The van der Waals surface area contributed by atoms with Crippen LogP contribution in [0.1, 0.15) is 24.2 Å².